The van der Waals surface area contributed by atoms with Crippen molar-refractivity contribution in [3.63, 3.8) is 0 Å². The van der Waals surface area contributed by atoms with Crippen LogP contribution in [-0.2, 0) is 9.53 Å². The van der Waals surface area contributed by atoms with Gasteiger partial charge in [0.15, 0.2) is 5.78 Å². The monoisotopic (exact) mass is 474 g/mol. The Bertz CT molecular complexity index is 1350. The van der Waals surface area contributed by atoms with E-state index >= 15 is 0 Å². The number of hydrogen-bond acceptors (Lipinski definition) is 6. The Kier molecular flexibility index (Phi) is 5.25. The van der Waals surface area contributed by atoms with Crippen molar-refractivity contribution in [2.45, 2.75) is 52.1 Å². The van der Waals surface area contributed by atoms with Gasteiger partial charge in [0.25, 0.3) is 0 Å². The van der Waals surface area contributed by atoms with Gasteiger partial charge in [0, 0.05) is 23.7 Å². The minimum absolute atomic E-state index is 0.106. The third-order valence-electron chi connectivity index (χ3n) is 8.96. The summed E-state index contributed by atoms with van der Waals surface area (Å²) in [4.78, 5) is 31.0. The molecule has 2 bridgehead atoms. The Morgan fingerprint density at radius 3 is 2.69 bits per heavy atom. The molecule has 7 N–H and O–H groups in total. The summed E-state index contributed by atoms with van der Waals surface area (Å²) in [5, 5.41) is 0.912. The molecule has 7 nitrogen and oxygen atoms in total. The third kappa shape index (κ3) is 3.08. The first-order valence-electron chi connectivity index (χ1n) is 12.2. The van der Waals surface area contributed by atoms with Crippen LogP contribution in [0.5, 0.6) is 0 Å². The van der Waals surface area contributed by atoms with Crippen LogP contribution < -0.4 is 17.2 Å². The number of ketones is 1. The Labute approximate surface area is 205 Å². The number of carbonyl (C=O) groups excluding carboxylic acids is 2. The van der Waals surface area contributed by atoms with Crippen molar-refractivity contribution >= 4 is 22.7 Å². The van der Waals surface area contributed by atoms with Gasteiger partial charge in [0.05, 0.1) is 22.5 Å². The maximum atomic E-state index is 14.4. The number of nitrogens with two attached hydrogens (primary N) is 3. The number of aromatic nitrogens is 1. The number of aromatic amines is 1. The van der Waals surface area contributed by atoms with Gasteiger partial charge in [-0.2, -0.15) is 0 Å². The van der Waals surface area contributed by atoms with Crippen LogP contribution in [0.4, 0.5) is 0 Å². The molecule has 4 atom stereocenters. The molecule has 1 spiro atoms. The highest BCUT2D eigenvalue weighted by atomic mass is 16.5. The van der Waals surface area contributed by atoms with Gasteiger partial charge >= 0.3 is 5.97 Å². The molecule has 0 saturated heterocycles. The third-order valence-corrected chi connectivity index (χ3v) is 8.96. The second-order valence-corrected chi connectivity index (χ2v) is 10.9. The van der Waals surface area contributed by atoms with Gasteiger partial charge in [-0.15, -0.1) is 0 Å². The number of carbonyl (C=O) groups is 2. The highest BCUT2D eigenvalue weighted by Crippen LogP contribution is 2.58. The van der Waals surface area contributed by atoms with Crippen LogP contribution in [0, 0.1) is 16.7 Å². The molecule has 1 aromatic carbocycles. The summed E-state index contributed by atoms with van der Waals surface area (Å²) in [5.74, 6) is -0.0817. The van der Waals surface area contributed by atoms with E-state index in [2.05, 4.69) is 11.9 Å². The summed E-state index contributed by atoms with van der Waals surface area (Å²) < 4.78 is 6.07. The summed E-state index contributed by atoms with van der Waals surface area (Å²) in [6, 6.07) is 6.68. The second-order valence-electron chi connectivity index (χ2n) is 10.9. The number of ether oxygens (including phenoxy) is 1. The van der Waals surface area contributed by atoms with Crippen molar-refractivity contribution in [2.75, 3.05) is 6.54 Å². The molecular weight excluding hydrogens is 440 g/mol. The van der Waals surface area contributed by atoms with Gasteiger partial charge in [-0.3, -0.25) is 4.79 Å². The smallest absolute Gasteiger partial charge is 0.345 e. The average molecular weight is 475 g/mol. The first kappa shape index (κ1) is 23.7. The first-order chi connectivity index (χ1) is 16.5. The van der Waals surface area contributed by atoms with Crippen molar-refractivity contribution in [1.29, 1.82) is 0 Å². The first-order valence-corrected chi connectivity index (χ1v) is 12.2. The van der Waals surface area contributed by atoms with Gasteiger partial charge < -0.3 is 26.9 Å². The average Bonchev–Trinajstić information content (AvgIpc) is 3.39. The fourth-order valence-electron chi connectivity index (χ4n) is 6.27. The molecule has 3 aliphatic rings. The summed E-state index contributed by atoms with van der Waals surface area (Å²) in [6.45, 7) is 8.24. The van der Waals surface area contributed by atoms with Crippen LogP contribution in [0.1, 0.15) is 50.9 Å². The highest BCUT2D eigenvalue weighted by molar-refractivity contribution is 6.05. The van der Waals surface area contributed by atoms with Crippen molar-refractivity contribution in [1.82, 2.24) is 4.98 Å². The molecule has 1 heterocycles. The summed E-state index contributed by atoms with van der Waals surface area (Å²) in [7, 11) is 0. The predicted molar refractivity (Wildman–Crippen MR) is 136 cm³/mol. The fourth-order valence-corrected chi connectivity index (χ4v) is 6.27. The van der Waals surface area contributed by atoms with Gasteiger partial charge in [-0.1, -0.05) is 45.1 Å². The summed E-state index contributed by atoms with van der Waals surface area (Å²) >= 11 is 0. The van der Waals surface area contributed by atoms with E-state index in [4.69, 9.17) is 21.9 Å². The van der Waals surface area contributed by atoms with E-state index in [9.17, 15) is 9.59 Å². The second kappa shape index (κ2) is 7.75. The molecule has 1 saturated carbocycles. The van der Waals surface area contributed by atoms with Gasteiger partial charge in [0.2, 0.25) is 0 Å². The van der Waals surface area contributed by atoms with Gasteiger partial charge in [-0.05, 0) is 54.4 Å². The molecule has 3 aliphatic carbocycles. The summed E-state index contributed by atoms with van der Waals surface area (Å²) in [6.07, 6.45) is 6.84. The normalized spacial score (nSPS) is 32.0. The lowest BCUT2D eigenvalue weighted by atomic mass is 9.61. The van der Waals surface area contributed by atoms with E-state index in [1.807, 2.05) is 45.0 Å². The molecule has 5 rings (SSSR count). The number of fused-ring (bicyclic) bond motifs is 2. The number of hydrogen-bond donors (Lipinski definition) is 4. The van der Waals surface area contributed by atoms with Crippen LogP contribution >= 0.6 is 0 Å². The molecular formula is C28H34N4O3. The molecule has 4 unspecified atom stereocenters. The molecule has 184 valence electrons. The van der Waals surface area contributed by atoms with Crippen molar-refractivity contribution in [3.8, 4) is 0 Å². The predicted octanol–water partition coefficient (Wildman–Crippen LogP) is 3.47. The maximum absolute atomic E-state index is 14.4. The number of nitrogens with one attached hydrogen (secondary N) is 1. The number of benzene rings is 1. The minimum Gasteiger partial charge on any atom is -0.423 e. The highest BCUT2D eigenvalue weighted by Gasteiger charge is 2.63. The zero-order chi connectivity index (χ0) is 25.3. The Morgan fingerprint density at radius 2 is 1.97 bits per heavy atom. The van der Waals surface area contributed by atoms with E-state index in [1.54, 1.807) is 18.3 Å². The number of para-hydroxylation sites is 1. The number of allylic oxidation sites excluding steroid dienone is 2. The van der Waals surface area contributed by atoms with E-state index in [0.717, 1.165) is 11.8 Å². The zero-order valence-corrected chi connectivity index (χ0v) is 20.8. The molecule has 0 amide bonds. The Hall–Kier alpha value is -3.00. The number of Topliss-reactive ketones (excluding diaryl/α,β-unsaturated/α-hetero) is 1. The standard InChI is InChI=1S/C28H34N4O3/c1-15-12-27-10-8-16(2)26(3,4)28(31,25(27)34)13-18(14-29)21(30)20(27)23(15)35-24(33)19-7-5-6-17-9-11-32-22(17)19/h5-7,9,11-13,16,21,32H,8,10,14,29-31H2,1-4H3. The van der Waals surface area contributed by atoms with E-state index in [0.29, 0.717) is 40.0 Å². The molecule has 35 heavy (non-hydrogen) atoms. The van der Waals surface area contributed by atoms with Crippen LogP contribution in [0.2, 0.25) is 0 Å². The van der Waals surface area contributed by atoms with Crippen molar-refractivity contribution < 1.29 is 14.3 Å². The maximum Gasteiger partial charge on any atom is 0.345 e. The lowest BCUT2D eigenvalue weighted by Gasteiger charge is -2.44. The zero-order valence-electron chi connectivity index (χ0n) is 20.8. The Balaban J connectivity index is 1.70. The lowest BCUT2D eigenvalue weighted by molar-refractivity contribution is -0.131. The quantitative estimate of drug-likeness (QED) is 0.397. The van der Waals surface area contributed by atoms with E-state index in [-0.39, 0.29) is 18.2 Å². The van der Waals surface area contributed by atoms with Crippen molar-refractivity contribution in [3.05, 3.63) is 70.7 Å². The Morgan fingerprint density at radius 1 is 1.23 bits per heavy atom. The fraction of sp³-hybridized carbons (Fsp3) is 0.429. The molecule has 1 aromatic heterocycles. The molecule has 7 heteroatoms. The minimum atomic E-state index is -1.26. The van der Waals surface area contributed by atoms with Crippen LogP contribution in [0.3, 0.4) is 0 Å². The van der Waals surface area contributed by atoms with Gasteiger partial charge in [0.1, 0.15) is 11.3 Å². The molecule has 0 aliphatic heterocycles. The van der Waals surface area contributed by atoms with Gasteiger partial charge in [-0.25, -0.2) is 4.79 Å². The van der Waals surface area contributed by atoms with Crippen LogP contribution in [0.15, 0.2) is 65.1 Å². The van der Waals surface area contributed by atoms with Crippen LogP contribution in [-0.4, -0.2) is 34.9 Å². The molecule has 0 radical (unpaired) electrons. The SMILES string of the molecule is CC1=CC23CCC(C)C(C)(C)C(N)(C=C(CN)C(N)C2=C1OC(=O)c1cccc2cc[nH]c12)C3=O. The molecule has 1 fully saturated rings. The number of H-pyrrole nitrogens is 1. The number of esters is 1. The van der Waals surface area contributed by atoms with Crippen molar-refractivity contribution in [2.24, 2.45) is 33.9 Å². The van der Waals surface area contributed by atoms with E-state index in [1.165, 1.54) is 0 Å². The largest absolute Gasteiger partial charge is 0.423 e. The number of rotatable bonds is 3. The lowest BCUT2D eigenvalue weighted by Crippen LogP contribution is -2.61. The van der Waals surface area contributed by atoms with E-state index < -0.39 is 28.4 Å². The summed E-state index contributed by atoms with van der Waals surface area (Å²) in [5.41, 5.74) is 20.3. The molecule has 2 aromatic rings. The van der Waals surface area contributed by atoms with Crippen LogP contribution in [0.25, 0.3) is 10.9 Å². The topological polar surface area (TPSA) is 137 Å².